The lowest BCUT2D eigenvalue weighted by molar-refractivity contribution is 0.224. The van der Waals surface area contributed by atoms with E-state index in [0.717, 1.165) is 25.3 Å². The molecule has 1 fully saturated rings. The van der Waals surface area contributed by atoms with Crippen LogP contribution < -0.4 is 5.73 Å². The third kappa shape index (κ3) is 4.68. The van der Waals surface area contributed by atoms with Crippen LogP contribution in [-0.4, -0.2) is 35.6 Å². The lowest BCUT2D eigenvalue weighted by atomic mass is 9.80. The van der Waals surface area contributed by atoms with Gasteiger partial charge < -0.3 is 15.8 Å². The van der Waals surface area contributed by atoms with E-state index < -0.39 is 0 Å². The predicted octanol–water partition coefficient (Wildman–Crippen LogP) is 2.91. The summed E-state index contributed by atoms with van der Waals surface area (Å²) in [6, 6.07) is 0. The molecule has 112 valence electrons. The first-order valence-electron chi connectivity index (χ1n) is 7.37. The summed E-state index contributed by atoms with van der Waals surface area (Å²) in [6.07, 6.45) is 3.37. The third-order valence-corrected chi connectivity index (χ3v) is 4.57. The molecule has 0 aliphatic carbocycles. The van der Waals surface area contributed by atoms with Gasteiger partial charge in [-0.1, -0.05) is 39.8 Å². The van der Waals surface area contributed by atoms with Gasteiger partial charge in [-0.05, 0) is 43.7 Å². The summed E-state index contributed by atoms with van der Waals surface area (Å²) < 4.78 is 0. The van der Waals surface area contributed by atoms with E-state index in [2.05, 4.69) is 30.8 Å². The number of nitrogens with zero attached hydrogens (tertiary/aromatic N) is 2. The number of hydrogen-bond acceptors (Lipinski definition) is 3. The maximum absolute atomic E-state index is 8.76. The van der Waals surface area contributed by atoms with Gasteiger partial charge in [0.1, 0.15) is 5.84 Å². The Balaban J connectivity index is 2.32. The van der Waals surface area contributed by atoms with E-state index in [1.165, 1.54) is 19.5 Å². The van der Waals surface area contributed by atoms with Crippen molar-refractivity contribution in [2.45, 2.75) is 53.9 Å². The molecule has 0 aromatic heterocycles. The Kier molecular flexibility index (Phi) is 5.25. The van der Waals surface area contributed by atoms with Crippen LogP contribution in [0.1, 0.15) is 53.9 Å². The fourth-order valence-corrected chi connectivity index (χ4v) is 2.75. The Morgan fingerprint density at radius 2 is 1.95 bits per heavy atom. The van der Waals surface area contributed by atoms with Crippen LogP contribution in [0, 0.1) is 16.7 Å². The van der Waals surface area contributed by atoms with Gasteiger partial charge in [-0.2, -0.15) is 0 Å². The average molecular weight is 269 g/mol. The molecule has 1 atom stereocenters. The van der Waals surface area contributed by atoms with E-state index in [0.29, 0.717) is 11.3 Å². The summed E-state index contributed by atoms with van der Waals surface area (Å²) in [6.45, 7) is 14.6. The second-order valence-electron chi connectivity index (χ2n) is 7.62. The molecule has 0 amide bonds. The highest BCUT2D eigenvalue weighted by molar-refractivity contribution is 5.85. The zero-order valence-corrected chi connectivity index (χ0v) is 13.2. The van der Waals surface area contributed by atoms with Crippen LogP contribution in [0.2, 0.25) is 0 Å². The van der Waals surface area contributed by atoms with Crippen LogP contribution in [0.25, 0.3) is 0 Å². The fraction of sp³-hybridized carbons (Fsp3) is 0.933. The van der Waals surface area contributed by atoms with Crippen molar-refractivity contribution < 1.29 is 5.21 Å². The van der Waals surface area contributed by atoms with Gasteiger partial charge in [0.15, 0.2) is 0 Å². The standard InChI is InChI=1S/C15H31N3O/c1-14(2,3)12-7-10-18(11-12)9-6-8-15(4,5)13(16)17-19/h12,19H,6-11H2,1-5H3,(H2,16,17). The molecule has 19 heavy (non-hydrogen) atoms. The first kappa shape index (κ1) is 16.3. The molecule has 1 aliphatic rings. The lowest BCUT2D eigenvalue weighted by Crippen LogP contribution is -2.33. The Bertz CT molecular complexity index is 318. The van der Waals surface area contributed by atoms with Crippen LogP contribution in [0.4, 0.5) is 0 Å². The number of oxime groups is 1. The van der Waals surface area contributed by atoms with Crippen LogP contribution in [0.15, 0.2) is 5.16 Å². The molecule has 4 nitrogen and oxygen atoms in total. The maximum Gasteiger partial charge on any atom is 0.144 e. The fourth-order valence-electron chi connectivity index (χ4n) is 2.75. The molecular formula is C15H31N3O. The van der Waals surface area contributed by atoms with Crippen LogP contribution >= 0.6 is 0 Å². The lowest BCUT2D eigenvalue weighted by Gasteiger charge is -2.27. The summed E-state index contributed by atoms with van der Waals surface area (Å²) in [7, 11) is 0. The minimum absolute atomic E-state index is 0.210. The summed E-state index contributed by atoms with van der Waals surface area (Å²) >= 11 is 0. The third-order valence-electron chi connectivity index (χ3n) is 4.57. The van der Waals surface area contributed by atoms with Gasteiger partial charge in [-0.3, -0.25) is 0 Å². The number of hydrogen-bond donors (Lipinski definition) is 2. The van der Waals surface area contributed by atoms with Gasteiger partial charge in [0, 0.05) is 12.0 Å². The normalized spacial score (nSPS) is 23.0. The molecule has 0 radical (unpaired) electrons. The van der Waals surface area contributed by atoms with Gasteiger partial charge in [0.25, 0.3) is 0 Å². The Hall–Kier alpha value is -0.770. The largest absolute Gasteiger partial charge is 0.409 e. The van der Waals surface area contributed by atoms with Crippen LogP contribution in [0.5, 0.6) is 0 Å². The monoisotopic (exact) mass is 269 g/mol. The molecule has 0 saturated carbocycles. The van der Waals surface area contributed by atoms with Gasteiger partial charge >= 0.3 is 0 Å². The molecule has 0 spiro atoms. The molecule has 4 heteroatoms. The molecule has 1 aliphatic heterocycles. The predicted molar refractivity (Wildman–Crippen MR) is 80.4 cm³/mol. The van der Waals surface area contributed by atoms with Crippen molar-refractivity contribution in [2.75, 3.05) is 19.6 Å². The maximum atomic E-state index is 8.76. The van der Waals surface area contributed by atoms with E-state index in [9.17, 15) is 0 Å². The van der Waals surface area contributed by atoms with E-state index >= 15 is 0 Å². The topological polar surface area (TPSA) is 61.8 Å². The van der Waals surface area contributed by atoms with Crippen molar-refractivity contribution in [1.82, 2.24) is 4.90 Å². The van der Waals surface area contributed by atoms with Crippen molar-refractivity contribution in [3.63, 3.8) is 0 Å². The highest BCUT2D eigenvalue weighted by atomic mass is 16.4. The number of likely N-dealkylation sites (tertiary alicyclic amines) is 1. The molecule has 0 aromatic carbocycles. The molecular weight excluding hydrogens is 238 g/mol. The number of amidine groups is 1. The highest BCUT2D eigenvalue weighted by Gasteiger charge is 2.31. The Morgan fingerprint density at radius 3 is 2.42 bits per heavy atom. The minimum Gasteiger partial charge on any atom is -0.409 e. The molecule has 1 saturated heterocycles. The second kappa shape index (κ2) is 6.12. The SMILES string of the molecule is CC(C)(CCCN1CCC(C(C)(C)C)C1)C(N)=NO. The van der Waals surface area contributed by atoms with E-state index in [1.54, 1.807) is 0 Å². The zero-order valence-electron chi connectivity index (χ0n) is 13.2. The van der Waals surface area contributed by atoms with Gasteiger partial charge in [0.05, 0.1) is 0 Å². The van der Waals surface area contributed by atoms with Crippen molar-refractivity contribution in [3.05, 3.63) is 0 Å². The highest BCUT2D eigenvalue weighted by Crippen LogP contribution is 2.33. The Labute approximate surface area is 118 Å². The molecule has 0 bridgehead atoms. The second-order valence-corrected chi connectivity index (χ2v) is 7.62. The molecule has 0 aromatic rings. The van der Waals surface area contributed by atoms with Crippen molar-refractivity contribution >= 4 is 5.84 Å². The summed E-state index contributed by atoms with van der Waals surface area (Å²) in [5, 5.41) is 11.9. The molecule has 1 unspecified atom stereocenters. The first-order chi connectivity index (χ1) is 8.66. The summed E-state index contributed by atoms with van der Waals surface area (Å²) in [5.41, 5.74) is 5.92. The van der Waals surface area contributed by atoms with Crippen molar-refractivity contribution in [3.8, 4) is 0 Å². The molecule has 1 heterocycles. The van der Waals surface area contributed by atoms with Crippen molar-refractivity contribution in [2.24, 2.45) is 27.6 Å². The summed E-state index contributed by atoms with van der Waals surface area (Å²) in [4.78, 5) is 2.55. The van der Waals surface area contributed by atoms with Crippen LogP contribution in [-0.2, 0) is 0 Å². The number of nitrogens with two attached hydrogens (primary N) is 1. The van der Waals surface area contributed by atoms with Crippen LogP contribution in [0.3, 0.4) is 0 Å². The molecule has 3 N–H and O–H groups in total. The smallest absolute Gasteiger partial charge is 0.144 e. The van der Waals surface area contributed by atoms with Crippen molar-refractivity contribution in [1.29, 1.82) is 0 Å². The average Bonchev–Trinajstić information content (AvgIpc) is 2.76. The van der Waals surface area contributed by atoms with Gasteiger partial charge in [-0.15, -0.1) is 0 Å². The van der Waals surface area contributed by atoms with E-state index in [-0.39, 0.29) is 5.41 Å². The van der Waals surface area contributed by atoms with E-state index in [4.69, 9.17) is 10.9 Å². The molecule has 1 rings (SSSR count). The number of rotatable bonds is 5. The quantitative estimate of drug-likeness (QED) is 0.349. The summed E-state index contributed by atoms with van der Waals surface area (Å²) in [5.74, 6) is 1.14. The first-order valence-corrected chi connectivity index (χ1v) is 7.37. The van der Waals surface area contributed by atoms with Gasteiger partial charge in [0.2, 0.25) is 0 Å². The van der Waals surface area contributed by atoms with E-state index in [1.807, 2.05) is 13.8 Å². The Morgan fingerprint density at radius 1 is 1.32 bits per heavy atom. The zero-order chi connectivity index (χ0) is 14.7. The van der Waals surface area contributed by atoms with Gasteiger partial charge in [-0.25, -0.2) is 0 Å². The minimum atomic E-state index is -0.210.